The van der Waals surface area contributed by atoms with Crippen molar-refractivity contribution in [3.8, 4) is 0 Å². The zero-order valence-corrected chi connectivity index (χ0v) is 13.1. The van der Waals surface area contributed by atoms with Crippen LogP contribution in [-0.2, 0) is 4.79 Å². The minimum absolute atomic E-state index is 0.201. The molecule has 122 valence electrons. The largest absolute Gasteiger partial charge is 0.392 e. The molecule has 2 rings (SSSR count). The van der Waals surface area contributed by atoms with E-state index in [1.807, 2.05) is 4.90 Å². The van der Waals surface area contributed by atoms with Crippen LogP contribution in [0.3, 0.4) is 0 Å². The van der Waals surface area contributed by atoms with Crippen LogP contribution in [0, 0.1) is 0 Å². The quantitative estimate of drug-likeness (QED) is 0.700. The van der Waals surface area contributed by atoms with E-state index in [2.05, 4.69) is 20.2 Å². The lowest BCUT2D eigenvalue weighted by molar-refractivity contribution is -0.133. The van der Waals surface area contributed by atoms with Crippen LogP contribution in [0.5, 0.6) is 0 Å². The van der Waals surface area contributed by atoms with Crippen LogP contribution >= 0.6 is 0 Å². The van der Waals surface area contributed by atoms with Crippen molar-refractivity contribution in [3.05, 3.63) is 18.5 Å². The number of rotatable bonds is 7. The SMILES string of the molecule is C[C@H](O)CN1CCN(C(=O)CCCNc2ncccn2)CC1. The molecule has 1 aliphatic heterocycles. The number of aliphatic hydroxyl groups is 1. The molecule has 22 heavy (non-hydrogen) atoms. The van der Waals surface area contributed by atoms with E-state index < -0.39 is 0 Å². The first-order chi connectivity index (χ1) is 10.6. The molecule has 2 N–H and O–H groups in total. The number of β-amino-alcohol motifs (C(OH)–C–C–N with tert-alkyl or cyclic N) is 1. The van der Waals surface area contributed by atoms with Gasteiger partial charge in [-0.05, 0) is 19.4 Å². The Morgan fingerprint density at radius 3 is 2.64 bits per heavy atom. The Bertz CT molecular complexity index is 447. The number of hydrogen-bond acceptors (Lipinski definition) is 6. The van der Waals surface area contributed by atoms with Gasteiger partial charge in [-0.3, -0.25) is 9.69 Å². The average molecular weight is 307 g/mol. The summed E-state index contributed by atoms with van der Waals surface area (Å²) in [5, 5.41) is 12.5. The molecule has 1 saturated heterocycles. The summed E-state index contributed by atoms with van der Waals surface area (Å²) in [5.41, 5.74) is 0. The van der Waals surface area contributed by atoms with E-state index in [1.54, 1.807) is 25.4 Å². The van der Waals surface area contributed by atoms with Crippen LogP contribution in [0.15, 0.2) is 18.5 Å². The first-order valence-corrected chi connectivity index (χ1v) is 7.84. The Hall–Kier alpha value is -1.73. The summed E-state index contributed by atoms with van der Waals surface area (Å²) >= 11 is 0. The molecule has 0 aromatic carbocycles. The first-order valence-electron chi connectivity index (χ1n) is 7.84. The number of aliphatic hydroxyl groups excluding tert-OH is 1. The van der Waals surface area contributed by atoms with E-state index in [-0.39, 0.29) is 12.0 Å². The number of aromatic nitrogens is 2. The Morgan fingerprint density at radius 1 is 1.32 bits per heavy atom. The highest BCUT2D eigenvalue weighted by Gasteiger charge is 2.21. The van der Waals surface area contributed by atoms with E-state index in [4.69, 9.17) is 0 Å². The Kier molecular flexibility index (Phi) is 6.54. The van der Waals surface area contributed by atoms with Gasteiger partial charge in [-0.25, -0.2) is 9.97 Å². The number of amides is 1. The number of anilines is 1. The maximum atomic E-state index is 12.1. The van der Waals surface area contributed by atoms with E-state index >= 15 is 0 Å². The second kappa shape index (κ2) is 8.65. The number of hydrogen-bond donors (Lipinski definition) is 2. The van der Waals surface area contributed by atoms with Gasteiger partial charge < -0.3 is 15.3 Å². The number of nitrogens with one attached hydrogen (secondary N) is 1. The fraction of sp³-hybridized carbons (Fsp3) is 0.667. The average Bonchev–Trinajstić information content (AvgIpc) is 2.52. The van der Waals surface area contributed by atoms with Crippen molar-refractivity contribution in [2.75, 3.05) is 44.6 Å². The number of carbonyl (C=O) groups is 1. The molecule has 1 amide bonds. The highest BCUT2D eigenvalue weighted by atomic mass is 16.3. The van der Waals surface area contributed by atoms with Gasteiger partial charge in [0.1, 0.15) is 0 Å². The normalized spacial score (nSPS) is 17.3. The molecule has 0 unspecified atom stereocenters. The number of piperazine rings is 1. The van der Waals surface area contributed by atoms with Crippen molar-refractivity contribution >= 4 is 11.9 Å². The molecule has 1 aromatic heterocycles. The molecule has 1 aromatic rings. The maximum Gasteiger partial charge on any atom is 0.222 e. The molecule has 1 aliphatic rings. The van der Waals surface area contributed by atoms with Crippen molar-refractivity contribution in [1.29, 1.82) is 0 Å². The topological polar surface area (TPSA) is 81.6 Å². The van der Waals surface area contributed by atoms with Crippen LogP contribution in [0.1, 0.15) is 19.8 Å². The van der Waals surface area contributed by atoms with Crippen molar-refractivity contribution < 1.29 is 9.90 Å². The van der Waals surface area contributed by atoms with E-state index in [1.165, 1.54) is 0 Å². The molecule has 0 spiro atoms. The fourth-order valence-electron chi connectivity index (χ4n) is 2.54. The van der Waals surface area contributed by atoms with Crippen molar-refractivity contribution in [2.24, 2.45) is 0 Å². The molecule has 0 aliphatic carbocycles. The zero-order chi connectivity index (χ0) is 15.8. The van der Waals surface area contributed by atoms with Crippen LogP contribution < -0.4 is 5.32 Å². The molecule has 1 fully saturated rings. The highest BCUT2D eigenvalue weighted by Crippen LogP contribution is 2.06. The van der Waals surface area contributed by atoms with Crippen LogP contribution in [0.2, 0.25) is 0 Å². The summed E-state index contributed by atoms with van der Waals surface area (Å²) < 4.78 is 0. The lowest BCUT2D eigenvalue weighted by Crippen LogP contribution is -2.50. The predicted octanol–water partition coefficient (Wildman–Crippen LogP) is 0.194. The molecule has 1 atom stereocenters. The molecular formula is C15H25N5O2. The number of nitrogens with zero attached hydrogens (tertiary/aromatic N) is 4. The van der Waals surface area contributed by atoms with Crippen LogP contribution in [-0.4, -0.2) is 76.2 Å². The summed E-state index contributed by atoms with van der Waals surface area (Å²) in [7, 11) is 0. The summed E-state index contributed by atoms with van der Waals surface area (Å²) in [6, 6.07) is 1.77. The van der Waals surface area contributed by atoms with Gasteiger partial charge in [-0.15, -0.1) is 0 Å². The molecular weight excluding hydrogens is 282 g/mol. The molecule has 2 heterocycles. The molecule has 0 bridgehead atoms. The van der Waals surface area contributed by atoms with Gasteiger partial charge in [0.2, 0.25) is 11.9 Å². The number of carbonyl (C=O) groups excluding carboxylic acids is 1. The summed E-state index contributed by atoms with van der Waals surface area (Å²) in [6.07, 6.45) is 4.37. The third kappa shape index (κ3) is 5.57. The zero-order valence-electron chi connectivity index (χ0n) is 13.1. The lowest BCUT2D eigenvalue weighted by atomic mass is 10.2. The smallest absolute Gasteiger partial charge is 0.222 e. The molecule has 0 radical (unpaired) electrons. The van der Waals surface area contributed by atoms with Crippen LogP contribution in [0.4, 0.5) is 5.95 Å². The summed E-state index contributed by atoms with van der Waals surface area (Å²) in [4.78, 5) is 24.4. The molecule has 7 nitrogen and oxygen atoms in total. The van der Waals surface area contributed by atoms with Gasteiger partial charge in [0.05, 0.1) is 6.10 Å². The van der Waals surface area contributed by atoms with Gasteiger partial charge in [0.25, 0.3) is 0 Å². The van der Waals surface area contributed by atoms with Gasteiger partial charge >= 0.3 is 0 Å². The van der Waals surface area contributed by atoms with Crippen molar-refractivity contribution in [1.82, 2.24) is 19.8 Å². The van der Waals surface area contributed by atoms with E-state index in [0.717, 1.165) is 32.6 Å². The van der Waals surface area contributed by atoms with Gasteiger partial charge in [0.15, 0.2) is 0 Å². The standard InChI is InChI=1S/C15H25N5O2/c1-13(21)12-19-8-10-20(11-9-19)14(22)4-2-5-16-15-17-6-3-7-18-15/h3,6-7,13,21H,2,4-5,8-12H2,1H3,(H,16,17,18)/t13-/m0/s1. The first kappa shape index (κ1) is 16.6. The minimum Gasteiger partial charge on any atom is -0.392 e. The Morgan fingerprint density at radius 2 is 2.00 bits per heavy atom. The van der Waals surface area contributed by atoms with Gasteiger partial charge in [-0.1, -0.05) is 0 Å². The molecule has 0 saturated carbocycles. The Balaban J connectivity index is 1.60. The van der Waals surface area contributed by atoms with E-state index in [9.17, 15) is 9.90 Å². The highest BCUT2D eigenvalue weighted by molar-refractivity contribution is 5.76. The lowest BCUT2D eigenvalue weighted by Gasteiger charge is -2.35. The monoisotopic (exact) mass is 307 g/mol. The van der Waals surface area contributed by atoms with Gasteiger partial charge in [-0.2, -0.15) is 0 Å². The third-order valence-electron chi connectivity index (χ3n) is 3.66. The van der Waals surface area contributed by atoms with Crippen molar-refractivity contribution in [3.63, 3.8) is 0 Å². The summed E-state index contributed by atoms with van der Waals surface area (Å²) in [5.74, 6) is 0.800. The maximum absolute atomic E-state index is 12.1. The van der Waals surface area contributed by atoms with Crippen LogP contribution in [0.25, 0.3) is 0 Å². The van der Waals surface area contributed by atoms with Gasteiger partial charge in [0, 0.05) is 58.1 Å². The fourth-order valence-corrected chi connectivity index (χ4v) is 2.54. The Labute approximate surface area is 131 Å². The van der Waals surface area contributed by atoms with E-state index in [0.29, 0.717) is 25.5 Å². The minimum atomic E-state index is -0.312. The third-order valence-corrected chi connectivity index (χ3v) is 3.66. The summed E-state index contributed by atoms with van der Waals surface area (Å²) in [6.45, 7) is 6.35. The second-order valence-electron chi connectivity index (χ2n) is 5.63. The molecule has 7 heteroatoms. The second-order valence-corrected chi connectivity index (χ2v) is 5.63. The van der Waals surface area contributed by atoms with Crippen molar-refractivity contribution in [2.45, 2.75) is 25.9 Å². The predicted molar refractivity (Wildman–Crippen MR) is 84.5 cm³/mol.